The Labute approximate surface area is 145 Å². The minimum absolute atomic E-state index is 0.548. The lowest BCUT2D eigenvalue weighted by Gasteiger charge is -2.09. The molecule has 2 aromatic carbocycles. The monoisotopic (exact) mass is 412 g/mol. The second-order valence-electron chi connectivity index (χ2n) is 4.71. The minimum Gasteiger partial charge on any atom is -0.239 e. The van der Waals surface area contributed by atoms with Gasteiger partial charge < -0.3 is 0 Å². The summed E-state index contributed by atoms with van der Waals surface area (Å²) in [6.45, 7) is 0. The molecule has 0 aliphatic rings. The van der Waals surface area contributed by atoms with Crippen LogP contribution in [0.2, 0.25) is 0 Å². The highest BCUT2D eigenvalue weighted by Crippen LogP contribution is 2.32. The molecule has 0 fully saturated rings. The Morgan fingerprint density at radius 3 is 2.18 bits per heavy atom. The number of hydrogen-bond donors (Lipinski definition) is 0. The first-order valence-corrected chi connectivity index (χ1v) is 8.19. The standard InChI is InChI=1S/C18H10Br2N2/c19-14-8-6-13(7-9-14)17-10-15(12-4-2-1-3-5-12)16(11-21)18(20)22-17/h1-10H. The molecule has 1 heterocycles. The molecule has 3 aromatic rings. The van der Waals surface area contributed by atoms with Crippen LogP contribution in [0.15, 0.2) is 69.7 Å². The molecule has 0 unspecified atom stereocenters. The first-order valence-electron chi connectivity index (χ1n) is 6.61. The van der Waals surface area contributed by atoms with Crippen LogP contribution in [0.3, 0.4) is 0 Å². The Morgan fingerprint density at radius 2 is 1.55 bits per heavy atom. The minimum atomic E-state index is 0.548. The van der Waals surface area contributed by atoms with E-state index in [0.29, 0.717) is 10.2 Å². The maximum atomic E-state index is 9.43. The fourth-order valence-corrected chi connectivity index (χ4v) is 2.99. The van der Waals surface area contributed by atoms with Gasteiger partial charge in [-0.05, 0) is 39.7 Å². The average molecular weight is 414 g/mol. The average Bonchev–Trinajstić information content (AvgIpc) is 2.55. The van der Waals surface area contributed by atoms with Gasteiger partial charge in [-0.3, -0.25) is 0 Å². The van der Waals surface area contributed by atoms with Crippen LogP contribution in [0.1, 0.15) is 5.56 Å². The quantitative estimate of drug-likeness (QED) is 0.497. The van der Waals surface area contributed by atoms with Gasteiger partial charge in [0.15, 0.2) is 0 Å². The van der Waals surface area contributed by atoms with Crippen LogP contribution in [-0.4, -0.2) is 4.98 Å². The molecule has 22 heavy (non-hydrogen) atoms. The van der Waals surface area contributed by atoms with Gasteiger partial charge in [-0.25, -0.2) is 4.98 Å². The van der Waals surface area contributed by atoms with E-state index in [1.54, 1.807) is 0 Å². The van der Waals surface area contributed by atoms with Gasteiger partial charge in [0, 0.05) is 15.6 Å². The molecule has 2 nitrogen and oxygen atoms in total. The van der Waals surface area contributed by atoms with E-state index < -0.39 is 0 Å². The Balaban J connectivity index is 2.21. The summed E-state index contributed by atoms with van der Waals surface area (Å²) in [6.07, 6.45) is 0. The van der Waals surface area contributed by atoms with E-state index in [1.807, 2.05) is 60.7 Å². The first kappa shape index (κ1) is 15.0. The van der Waals surface area contributed by atoms with Crippen molar-refractivity contribution in [1.82, 2.24) is 4.98 Å². The van der Waals surface area contributed by atoms with Crippen LogP contribution in [0, 0.1) is 11.3 Å². The van der Waals surface area contributed by atoms with Gasteiger partial charge in [0.25, 0.3) is 0 Å². The number of hydrogen-bond acceptors (Lipinski definition) is 2. The van der Waals surface area contributed by atoms with Gasteiger partial charge in [-0.2, -0.15) is 5.26 Å². The summed E-state index contributed by atoms with van der Waals surface area (Å²) in [5.74, 6) is 0. The molecule has 4 heteroatoms. The molecule has 0 bridgehead atoms. The van der Waals surface area contributed by atoms with Crippen LogP contribution in [0.25, 0.3) is 22.4 Å². The highest BCUT2D eigenvalue weighted by molar-refractivity contribution is 9.10. The van der Waals surface area contributed by atoms with Crippen molar-refractivity contribution in [3.63, 3.8) is 0 Å². The maximum Gasteiger partial charge on any atom is 0.125 e. The lowest BCUT2D eigenvalue weighted by Crippen LogP contribution is -1.93. The van der Waals surface area contributed by atoms with Gasteiger partial charge >= 0.3 is 0 Å². The molecule has 0 aliphatic heterocycles. The third kappa shape index (κ3) is 2.96. The number of nitriles is 1. The number of aromatic nitrogens is 1. The summed E-state index contributed by atoms with van der Waals surface area (Å²) in [6, 6.07) is 22.0. The van der Waals surface area contributed by atoms with Crippen LogP contribution in [-0.2, 0) is 0 Å². The van der Waals surface area contributed by atoms with E-state index in [2.05, 4.69) is 42.9 Å². The van der Waals surface area contributed by atoms with Gasteiger partial charge in [0.1, 0.15) is 10.7 Å². The fraction of sp³-hybridized carbons (Fsp3) is 0. The second kappa shape index (κ2) is 6.43. The van der Waals surface area contributed by atoms with Crippen LogP contribution >= 0.6 is 31.9 Å². The summed E-state index contributed by atoms with van der Waals surface area (Å²) >= 11 is 6.86. The highest BCUT2D eigenvalue weighted by Gasteiger charge is 2.13. The van der Waals surface area contributed by atoms with Crippen molar-refractivity contribution in [2.75, 3.05) is 0 Å². The third-order valence-electron chi connectivity index (χ3n) is 3.31. The normalized spacial score (nSPS) is 10.2. The largest absolute Gasteiger partial charge is 0.239 e. The van der Waals surface area contributed by atoms with Crippen molar-refractivity contribution in [3.8, 4) is 28.5 Å². The zero-order valence-corrected chi connectivity index (χ0v) is 14.6. The van der Waals surface area contributed by atoms with E-state index in [9.17, 15) is 5.26 Å². The molecular weight excluding hydrogens is 404 g/mol. The smallest absolute Gasteiger partial charge is 0.125 e. The Kier molecular flexibility index (Phi) is 4.37. The molecule has 0 radical (unpaired) electrons. The van der Waals surface area contributed by atoms with Gasteiger partial charge in [-0.1, -0.05) is 58.4 Å². The van der Waals surface area contributed by atoms with Crippen LogP contribution in [0.4, 0.5) is 0 Å². The third-order valence-corrected chi connectivity index (χ3v) is 4.41. The van der Waals surface area contributed by atoms with Gasteiger partial charge in [0.05, 0.1) is 11.3 Å². The summed E-state index contributed by atoms with van der Waals surface area (Å²) in [7, 11) is 0. The molecule has 106 valence electrons. The van der Waals surface area contributed by atoms with Crippen molar-refractivity contribution in [3.05, 3.63) is 75.3 Å². The lowest BCUT2D eigenvalue weighted by atomic mass is 9.99. The summed E-state index contributed by atoms with van der Waals surface area (Å²) < 4.78 is 1.58. The Bertz CT molecular complexity index is 851. The summed E-state index contributed by atoms with van der Waals surface area (Å²) in [5, 5.41) is 9.43. The molecule has 0 amide bonds. The molecule has 0 saturated carbocycles. The molecular formula is C18H10Br2N2. The number of pyridine rings is 1. The van der Waals surface area contributed by atoms with E-state index in [0.717, 1.165) is 26.9 Å². The van der Waals surface area contributed by atoms with Gasteiger partial charge in [0.2, 0.25) is 0 Å². The maximum absolute atomic E-state index is 9.43. The number of benzene rings is 2. The van der Waals surface area contributed by atoms with E-state index >= 15 is 0 Å². The summed E-state index contributed by atoms with van der Waals surface area (Å²) in [5.41, 5.74) is 4.26. The Morgan fingerprint density at radius 1 is 0.864 bits per heavy atom. The molecule has 0 saturated heterocycles. The highest BCUT2D eigenvalue weighted by atomic mass is 79.9. The molecule has 3 rings (SSSR count). The van der Waals surface area contributed by atoms with Crippen molar-refractivity contribution in [2.45, 2.75) is 0 Å². The topological polar surface area (TPSA) is 36.7 Å². The zero-order valence-electron chi connectivity index (χ0n) is 11.4. The number of nitrogens with zero attached hydrogens (tertiary/aromatic N) is 2. The van der Waals surface area contributed by atoms with Crippen molar-refractivity contribution >= 4 is 31.9 Å². The molecule has 0 aliphatic carbocycles. The molecule has 0 atom stereocenters. The van der Waals surface area contributed by atoms with E-state index in [-0.39, 0.29) is 0 Å². The van der Waals surface area contributed by atoms with E-state index in [1.165, 1.54) is 0 Å². The molecule has 0 spiro atoms. The first-order chi connectivity index (χ1) is 10.7. The van der Waals surface area contributed by atoms with Crippen molar-refractivity contribution < 1.29 is 0 Å². The van der Waals surface area contributed by atoms with Crippen molar-refractivity contribution in [1.29, 1.82) is 5.26 Å². The summed E-state index contributed by atoms with van der Waals surface area (Å²) in [4.78, 5) is 4.51. The second-order valence-corrected chi connectivity index (χ2v) is 6.37. The SMILES string of the molecule is N#Cc1c(-c2ccccc2)cc(-c2ccc(Br)cc2)nc1Br. The fourth-order valence-electron chi connectivity index (χ4n) is 2.23. The predicted molar refractivity (Wildman–Crippen MR) is 95.2 cm³/mol. The number of halogens is 2. The Hall–Kier alpha value is -1.96. The number of rotatable bonds is 2. The lowest BCUT2D eigenvalue weighted by molar-refractivity contribution is 1.25. The van der Waals surface area contributed by atoms with E-state index in [4.69, 9.17) is 0 Å². The molecule has 0 N–H and O–H groups in total. The predicted octanol–water partition coefficient (Wildman–Crippen LogP) is 5.81. The van der Waals surface area contributed by atoms with Crippen molar-refractivity contribution in [2.24, 2.45) is 0 Å². The van der Waals surface area contributed by atoms with Crippen LogP contribution in [0.5, 0.6) is 0 Å². The van der Waals surface area contributed by atoms with Crippen LogP contribution < -0.4 is 0 Å². The zero-order chi connectivity index (χ0) is 15.5. The molecule has 1 aromatic heterocycles. The van der Waals surface area contributed by atoms with Gasteiger partial charge in [-0.15, -0.1) is 0 Å².